The number of carboxylic acids is 1. The molecular weight excluding hydrogens is 220 g/mol. The Labute approximate surface area is 99.8 Å². The first-order valence-electron chi connectivity index (χ1n) is 5.28. The lowest BCUT2D eigenvalue weighted by Crippen LogP contribution is -2.21. The Hall–Kier alpha value is -1.88. The standard InChI is InChI=1S/C12H16N2O3/c1-14(6-5-11(15)16)8-9-3-2-4-10(7-9)12(13)17/h2-4,7H,5-6,8H2,1H3,(H2,13,17)(H,15,16). The fraction of sp³-hybridized carbons (Fsp3) is 0.333. The van der Waals surface area contributed by atoms with Crippen LogP contribution in [0.5, 0.6) is 0 Å². The fourth-order valence-electron chi connectivity index (χ4n) is 1.50. The Balaban J connectivity index is 2.58. The monoisotopic (exact) mass is 236 g/mol. The molecule has 0 heterocycles. The summed E-state index contributed by atoms with van der Waals surface area (Å²) in [5.41, 5.74) is 6.59. The summed E-state index contributed by atoms with van der Waals surface area (Å²) in [5.74, 6) is -1.28. The molecule has 0 aliphatic carbocycles. The van der Waals surface area contributed by atoms with Crippen molar-refractivity contribution in [2.24, 2.45) is 5.73 Å². The Morgan fingerprint density at radius 1 is 1.41 bits per heavy atom. The van der Waals surface area contributed by atoms with E-state index >= 15 is 0 Å². The third-order valence-electron chi connectivity index (χ3n) is 2.37. The van der Waals surface area contributed by atoms with Gasteiger partial charge in [-0.2, -0.15) is 0 Å². The number of hydrogen-bond donors (Lipinski definition) is 2. The maximum atomic E-state index is 11.0. The van der Waals surface area contributed by atoms with Crippen LogP contribution in [0, 0.1) is 0 Å². The lowest BCUT2D eigenvalue weighted by Gasteiger charge is -2.15. The van der Waals surface area contributed by atoms with Gasteiger partial charge < -0.3 is 15.7 Å². The van der Waals surface area contributed by atoms with Crippen molar-refractivity contribution in [1.29, 1.82) is 0 Å². The second kappa shape index (κ2) is 6.00. The lowest BCUT2D eigenvalue weighted by atomic mass is 10.1. The van der Waals surface area contributed by atoms with Crippen molar-refractivity contribution in [2.75, 3.05) is 13.6 Å². The second-order valence-electron chi connectivity index (χ2n) is 3.95. The van der Waals surface area contributed by atoms with Crippen molar-refractivity contribution in [1.82, 2.24) is 4.90 Å². The van der Waals surface area contributed by atoms with E-state index in [1.807, 2.05) is 18.0 Å². The molecule has 92 valence electrons. The van der Waals surface area contributed by atoms with Crippen molar-refractivity contribution < 1.29 is 14.7 Å². The van der Waals surface area contributed by atoms with E-state index in [2.05, 4.69) is 0 Å². The van der Waals surface area contributed by atoms with Crippen LogP contribution in [-0.4, -0.2) is 35.5 Å². The van der Waals surface area contributed by atoms with Crippen LogP contribution in [0.15, 0.2) is 24.3 Å². The molecule has 0 atom stereocenters. The number of primary amides is 1. The Kier molecular flexibility index (Phi) is 4.66. The molecule has 0 spiro atoms. The summed E-state index contributed by atoms with van der Waals surface area (Å²) in [6, 6.07) is 7.02. The Bertz CT molecular complexity index is 418. The van der Waals surface area contributed by atoms with E-state index in [1.54, 1.807) is 18.2 Å². The van der Waals surface area contributed by atoms with Crippen LogP contribution >= 0.6 is 0 Å². The fourth-order valence-corrected chi connectivity index (χ4v) is 1.50. The van der Waals surface area contributed by atoms with Crippen LogP contribution in [-0.2, 0) is 11.3 Å². The molecule has 1 rings (SSSR count). The Morgan fingerprint density at radius 2 is 2.12 bits per heavy atom. The highest BCUT2D eigenvalue weighted by Crippen LogP contribution is 2.07. The first kappa shape index (κ1) is 13.2. The third kappa shape index (κ3) is 4.65. The van der Waals surface area contributed by atoms with E-state index in [0.717, 1.165) is 5.56 Å². The number of carbonyl (C=O) groups is 2. The average molecular weight is 236 g/mol. The second-order valence-corrected chi connectivity index (χ2v) is 3.95. The number of amides is 1. The normalized spacial score (nSPS) is 10.5. The molecule has 1 amide bonds. The highest BCUT2D eigenvalue weighted by molar-refractivity contribution is 5.92. The first-order valence-corrected chi connectivity index (χ1v) is 5.28. The lowest BCUT2D eigenvalue weighted by molar-refractivity contribution is -0.137. The van der Waals surface area contributed by atoms with E-state index < -0.39 is 11.9 Å². The molecule has 17 heavy (non-hydrogen) atoms. The third-order valence-corrected chi connectivity index (χ3v) is 2.37. The molecule has 0 aromatic heterocycles. The molecular formula is C12H16N2O3. The average Bonchev–Trinajstić information content (AvgIpc) is 2.26. The Morgan fingerprint density at radius 3 is 2.71 bits per heavy atom. The van der Waals surface area contributed by atoms with Gasteiger partial charge in [-0.05, 0) is 24.7 Å². The summed E-state index contributed by atoms with van der Waals surface area (Å²) >= 11 is 0. The summed E-state index contributed by atoms with van der Waals surface area (Å²) in [6.07, 6.45) is 0.103. The molecule has 0 unspecified atom stereocenters. The van der Waals surface area contributed by atoms with Crippen LogP contribution in [0.1, 0.15) is 22.3 Å². The van der Waals surface area contributed by atoms with Crippen LogP contribution in [0.25, 0.3) is 0 Å². The highest BCUT2D eigenvalue weighted by Gasteiger charge is 2.05. The van der Waals surface area contributed by atoms with Crippen LogP contribution in [0.3, 0.4) is 0 Å². The minimum absolute atomic E-state index is 0.103. The topological polar surface area (TPSA) is 83.6 Å². The molecule has 5 heteroatoms. The van der Waals surface area contributed by atoms with Gasteiger partial charge in [0.05, 0.1) is 6.42 Å². The molecule has 0 fully saturated rings. The number of aliphatic carboxylic acids is 1. The van der Waals surface area contributed by atoms with E-state index in [1.165, 1.54) is 0 Å². The molecule has 1 aromatic rings. The number of nitrogens with two attached hydrogens (primary N) is 1. The smallest absolute Gasteiger partial charge is 0.304 e. The maximum absolute atomic E-state index is 11.0. The van der Waals surface area contributed by atoms with Gasteiger partial charge in [-0.15, -0.1) is 0 Å². The zero-order valence-electron chi connectivity index (χ0n) is 9.72. The molecule has 5 nitrogen and oxygen atoms in total. The molecule has 0 aliphatic rings. The molecule has 1 aromatic carbocycles. The number of benzene rings is 1. The van der Waals surface area contributed by atoms with Crippen LogP contribution < -0.4 is 5.73 Å². The zero-order chi connectivity index (χ0) is 12.8. The largest absolute Gasteiger partial charge is 0.481 e. The van der Waals surface area contributed by atoms with Gasteiger partial charge in [0.15, 0.2) is 0 Å². The number of carbonyl (C=O) groups excluding carboxylic acids is 1. The molecule has 0 bridgehead atoms. The van der Waals surface area contributed by atoms with Gasteiger partial charge >= 0.3 is 5.97 Å². The van der Waals surface area contributed by atoms with E-state index in [-0.39, 0.29) is 6.42 Å². The maximum Gasteiger partial charge on any atom is 0.304 e. The molecule has 3 N–H and O–H groups in total. The quantitative estimate of drug-likeness (QED) is 0.761. The number of carboxylic acid groups (broad SMARTS) is 1. The number of hydrogen-bond acceptors (Lipinski definition) is 3. The van der Waals surface area contributed by atoms with E-state index in [4.69, 9.17) is 10.8 Å². The van der Waals surface area contributed by atoms with E-state index in [9.17, 15) is 9.59 Å². The summed E-state index contributed by atoms with van der Waals surface area (Å²) in [7, 11) is 1.83. The number of rotatable bonds is 6. The van der Waals surface area contributed by atoms with Gasteiger partial charge in [-0.25, -0.2) is 0 Å². The molecule has 0 aliphatic heterocycles. The van der Waals surface area contributed by atoms with E-state index in [0.29, 0.717) is 18.7 Å². The highest BCUT2D eigenvalue weighted by atomic mass is 16.4. The predicted octanol–water partition coefficient (Wildman–Crippen LogP) is 0.692. The van der Waals surface area contributed by atoms with Crippen molar-refractivity contribution in [3.8, 4) is 0 Å². The minimum Gasteiger partial charge on any atom is -0.481 e. The van der Waals surface area contributed by atoms with Gasteiger partial charge in [0, 0.05) is 18.7 Å². The molecule has 0 radical (unpaired) electrons. The van der Waals surface area contributed by atoms with Crippen molar-refractivity contribution in [3.05, 3.63) is 35.4 Å². The van der Waals surface area contributed by atoms with Gasteiger partial charge in [0.1, 0.15) is 0 Å². The minimum atomic E-state index is -0.817. The molecule has 0 saturated heterocycles. The van der Waals surface area contributed by atoms with Gasteiger partial charge in [-0.3, -0.25) is 9.59 Å². The summed E-state index contributed by atoms with van der Waals surface area (Å²) in [5, 5.41) is 8.56. The first-order chi connectivity index (χ1) is 7.99. The zero-order valence-corrected chi connectivity index (χ0v) is 9.72. The van der Waals surface area contributed by atoms with Crippen molar-refractivity contribution >= 4 is 11.9 Å². The van der Waals surface area contributed by atoms with Gasteiger partial charge in [0.25, 0.3) is 0 Å². The van der Waals surface area contributed by atoms with Crippen molar-refractivity contribution in [3.63, 3.8) is 0 Å². The summed E-state index contributed by atoms with van der Waals surface area (Å²) < 4.78 is 0. The van der Waals surface area contributed by atoms with Crippen LogP contribution in [0.2, 0.25) is 0 Å². The number of nitrogens with zero attached hydrogens (tertiary/aromatic N) is 1. The van der Waals surface area contributed by atoms with Gasteiger partial charge in [-0.1, -0.05) is 12.1 Å². The SMILES string of the molecule is CN(CCC(=O)O)Cc1cccc(C(N)=O)c1. The van der Waals surface area contributed by atoms with Crippen LogP contribution in [0.4, 0.5) is 0 Å². The predicted molar refractivity (Wildman–Crippen MR) is 63.5 cm³/mol. The molecule has 0 saturated carbocycles. The summed E-state index contributed by atoms with van der Waals surface area (Å²) in [4.78, 5) is 23.3. The van der Waals surface area contributed by atoms with Crippen molar-refractivity contribution in [2.45, 2.75) is 13.0 Å². The van der Waals surface area contributed by atoms with Gasteiger partial charge in [0.2, 0.25) is 5.91 Å². The summed E-state index contributed by atoms with van der Waals surface area (Å²) in [6.45, 7) is 1.06.